The third kappa shape index (κ3) is 5.08. The summed E-state index contributed by atoms with van der Waals surface area (Å²) in [5, 5.41) is 2.88. The molecule has 0 aliphatic rings. The topological polar surface area (TPSA) is 66.5 Å². The highest BCUT2D eigenvalue weighted by atomic mass is 32.2. The molecular weight excluding hydrogens is 348 g/mol. The van der Waals surface area contributed by atoms with E-state index in [9.17, 15) is 13.2 Å². The summed E-state index contributed by atoms with van der Waals surface area (Å²) >= 11 is 0. The summed E-state index contributed by atoms with van der Waals surface area (Å²) in [6, 6.07) is 12.9. The molecule has 1 atom stereocenters. The second kappa shape index (κ2) is 7.91. The number of anilines is 1. The molecule has 0 bridgehead atoms. The van der Waals surface area contributed by atoms with E-state index in [1.54, 1.807) is 18.2 Å². The lowest BCUT2D eigenvalue weighted by molar-refractivity contribution is -0.120. The van der Waals surface area contributed by atoms with Gasteiger partial charge in [0.25, 0.3) is 0 Å². The Bertz CT molecular complexity index is 907. The molecule has 0 saturated carbocycles. The summed E-state index contributed by atoms with van der Waals surface area (Å²) in [5.74, 6) is -0.345. The predicted molar refractivity (Wildman–Crippen MR) is 106 cm³/mol. The van der Waals surface area contributed by atoms with Gasteiger partial charge < -0.3 is 5.32 Å². The maximum atomic E-state index is 12.5. The maximum absolute atomic E-state index is 12.5. The van der Waals surface area contributed by atoms with Gasteiger partial charge in [-0.1, -0.05) is 30.3 Å². The van der Waals surface area contributed by atoms with Crippen molar-refractivity contribution in [2.45, 2.75) is 33.7 Å². The summed E-state index contributed by atoms with van der Waals surface area (Å²) in [6.45, 7) is 7.58. The molecule has 0 fully saturated rings. The number of benzene rings is 2. The van der Waals surface area contributed by atoms with Gasteiger partial charge in [-0.3, -0.25) is 9.10 Å². The number of nitrogens with zero attached hydrogens (tertiary/aromatic N) is 1. The van der Waals surface area contributed by atoms with E-state index in [0.29, 0.717) is 5.69 Å². The standard InChI is InChI=1S/C20H26N2O3S/c1-14-7-6-8-19(11-14)22(26(5,24)25)13-20(23)21-17(4)18-10-9-15(2)16(3)12-18/h6-12,17H,13H2,1-5H3,(H,21,23). The van der Waals surface area contributed by atoms with Crippen molar-refractivity contribution in [3.05, 3.63) is 64.7 Å². The molecule has 140 valence electrons. The van der Waals surface area contributed by atoms with Crippen molar-refractivity contribution in [2.75, 3.05) is 17.1 Å². The van der Waals surface area contributed by atoms with Gasteiger partial charge in [-0.2, -0.15) is 0 Å². The van der Waals surface area contributed by atoms with Gasteiger partial charge in [0.1, 0.15) is 6.54 Å². The van der Waals surface area contributed by atoms with Crippen LogP contribution in [0.1, 0.15) is 35.2 Å². The molecule has 5 nitrogen and oxygen atoms in total. The van der Waals surface area contributed by atoms with E-state index < -0.39 is 10.0 Å². The monoisotopic (exact) mass is 374 g/mol. The van der Waals surface area contributed by atoms with Crippen molar-refractivity contribution >= 4 is 21.6 Å². The Balaban J connectivity index is 2.15. The molecule has 0 heterocycles. The lowest BCUT2D eigenvalue weighted by Gasteiger charge is -2.23. The number of nitrogens with one attached hydrogen (secondary N) is 1. The second-order valence-corrected chi connectivity index (χ2v) is 8.65. The van der Waals surface area contributed by atoms with Crippen molar-refractivity contribution in [2.24, 2.45) is 0 Å². The van der Waals surface area contributed by atoms with Crippen LogP contribution >= 0.6 is 0 Å². The van der Waals surface area contributed by atoms with Crippen LogP contribution in [0.25, 0.3) is 0 Å². The van der Waals surface area contributed by atoms with E-state index in [1.165, 1.54) is 5.56 Å². The lowest BCUT2D eigenvalue weighted by atomic mass is 10.0. The Morgan fingerprint density at radius 2 is 1.77 bits per heavy atom. The minimum absolute atomic E-state index is 0.208. The smallest absolute Gasteiger partial charge is 0.241 e. The number of sulfonamides is 1. The van der Waals surface area contributed by atoms with E-state index in [0.717, 1.165) is 27.3 Å². The fourth-order valence-corrected chi connectivity index (χ4v) is 3.57. The summed E-state index contributed by atoms with van der Waals surface area (Å²) in [7, 11) is -3.57. The summed E-state index contributed by atoms with van der Waals surface area (Å²) in [4.78, 5) is 12.5. The molecule has 26 heavy (non-hydrogen) atoms. The third-order valence-corrected chi connectivity index (χ3v) is 5.53. The van der Waals surface area contributed by atoms with E-state index in [2.05, 4.69) is 5.32 Å². The van der Waals surface area contributed by atoms with E-state index in [4.69, 9.17) is 0 Å². The minimum Gasteiger partial charge on any atom is -0.348 e. The zero-order valence-electron chi connectivity index (χ0n) is 15.9. The quantitative estimate of drug-likeness (QED) is 0.844. The highest BCUT2D eigenvalue weighted by Crippen LogP contribution is 2.20. The molecule has 6 heteroatoms. The SMILES string of the molecule is Cc1cccc(N(CC(=O)NC(C)c2ccc(C)c(C)c2)S(C)(=O)=O)c1. The fraction of sp³-hybridized carbons (Fsp3) is 0.350. The van der Waals surface area contributed by atoms with Crippen molar-refractivity contribution < 1.29 is 13.2 Å². The number of hydrogen-bond acceptors (Lipinski definition) is 3. The molecule has 0 aromatic heterocycles. The first-order valence-electron chi connectivity index (χ1n) is 8.49. The number of amides is 1. The van der Waals surface area contributed by atoms with Crippen molar-refractivity contribution in [1.29, 1.82) is 0 Å². The van der Waals surface area contributed by atoms with Gasteiger partial charge in [-0.25, -0.2) is 8.42 Å². The Morgan fingerprint density at radius 1 is 1.08 bits per heavy atom. The number of carbonyl (C=O) groups is 1. The van der Waals surface area contributed by atoms with Crippen LogP contribution < -0.4 is 9.62 Å². The van der Waals surface area contributed by atoms with Crippen LogP contribution in [-0.4, -0.2) is 27.1 Å². The first kappa shape index (κ1) is 20.0. The van der Waals surface area contributed by atoms with Crippen molar-refractivity contribution in [1.82, 2.24) is 5.32 Å². The van der Waals surface area contributed by atoms with Crippen LogP contribution in [0.5, 0.6) is 0 Å². The van der Waals surface area contributed by atoms with Gasteiger partial charge >= 0.3 is 0 Å². The first-order chi connectivity index (χ1) is 12.1. The molecular formula is C20H26N2O3S. The molecule has 0 aliphatic carbocycles. The number of carbonyl (C=O) groups excluding carboxylic acids is 1. The van der Waals surface area contributed by atoms with Gasteiger partial charge in [0, 0.05) is 0 Å². The number of rotatable bonds is 6. The summed E-state index contributed by atoms with van der Waals surface area (Å²) < 4.78 is 25.5. The number of aryl methyl sites for hydroxylation is 3. The van der Waals surface area contributed by atoms with Crippen LogP contribution in [-0.2, 0) is 14.8 Å². The molecule has 1 N–H and O–H groups in total. The molecule has 0 aliphatic heterocycles. The number of hydrogen-bond donors (Lipinski definition) is 1. The van der Waals surface area contributed by atoms with Gasteiger partial charge in [-0.15, -0.1) is 0 Å². The summed E-state index contributed by atoms with van der Waals surface area (Å²) in [6.07, 6.45) is 1.11. The Labute approximate surface area is 156 Å². The zero-order chi connectivity index (χ0) is 19.5. The van der Waals surface area contributed by atoms with E-state index in [-0.39, 0.29) is 18.5 Å². The second-order valence-electron chi connectivity index (χ2n) is 6.74. The van der Waals surface area contributed by atoms with Gasteiger partial charge in [0.05, 0.1) is 18.0 Å². The fourth-order valence-electron chi connectivity index (χ4n) is 2.72. The maximum Gasteiger partial charge on any atom is 0.241 e. The van der Waals surface area contributed by atoms with Gasteiger partial charge in [0.2, 0.25) is 15.9 Å². The highest BCUT2D eigenvalue weighted by molar-refractivity contribution is 7.92. The predicted octanol–water partition coefficient (Wildman–Crippen LogP) is 3.26. The van der Waals surface area contributed by atoms with Gasteiger partial charge in [0.15, 0.2) is 0 Å². The molecule has 1 amide bonds. The van der Waals surface area contributed by atoms with E-state index in [1.807, 2.05) is 52.0 Å². The lowest BCUT2D eigenvalue weighted by Crippen LogP contribution is -2.41. The van der Waals surface area contributed by atoms with Crippen LogP contribution in [0, 0.1) is 20.8 Å². The molecule has 0 saturated heterocycles. The Kier molecular flexibility index (Phi) is 6.08. The van der Waals surface area contributed by atoms with Crippen LogP contribution in [0.2, 0.25) is 0 Å². The normalized spacial score (nSPS) is 12.5. The molecule has 2 aromatic rings. The van der Waals surface area contributed by atoms with Crippen LogP contribution in [0.3, 0.4) is 0 Å². The molecule has 1 unspecified atom stereocenters. The summed E-state index contributed by atoms with van der Waals surface area (Å²) in [5.41, 5.74) is 4.75. The molecule has 2 rings (SSSR count). The zero-order valence-corrected chi connectivity index (χ0v) is 16.7. The molecule has 0 radical (unpaired) electrons. The van der Waals surface area contributed by atoms with Crippen molar-refractivity contribution in [3.8, 4) is 0 Å². The van der Waals surface area contributed by atoms with Crippen molar-refractivity contribution in [3.63, 3.8) is 0 Å². The molecule has 2 aromatic carbocycles. The third-order valence-electron chi connectivity index (χ3n) is 4.39. The Hall–Kier alpha value is -2.34. The first-order valence-corrected chi connectivity index (χ1v) is 10.3. The molecule has 0 spiro atoms. The van der Waals surface area contributed by atoms with Crippen LogP contribution in [0.4, 0.5) is 5.69 Å². The van der Waals surface area contributed by atoms with E-state index >= 15 is 0 Å². The highest BCUT2D eigenvalue weighted by Gasteiger charge is 2.22. The van der Waals surface area contributed by atoms with Gasteiger partial charge in [-0.05, 0) is 62.1 Å². The minimum atomic E-state index is -3.57. The largest absolute Gasteiger partial charge is 0.348 e. The average Bonchev–Trinajstić information content (AvgIpc) is 2.54. The van der Waals surface area contributed by atoms with Crippen LogP contribution in [0.15, 0.2) is 42.5 Å². The average molecular weight is 375 g/mol. The Morgan fingerprint density at radius 3 is 2.35 bits per heavy atom.